The van der Waals surface area contributed by atoms with Gasteiger partial charge in [0, 0.05) is 24.0 Å². The Bertz CT molecular complexity index is 566. The Morgan fingerprint density at radius 3 is 2.70 bits per heavy atom. The van der Waals surface area contributed by atoms with E-state index in [9.17, 15) is 24.0 Å². The molecule has 0 saturated carbocycles. The summed E-state index contributed by atoms with van der Waals surface area (Å²) in [5, 5.41) is 11.4. The fraction of sp³-hybridized carbons (Fsp3) is 0.364. The van der Waals surface area contributed by atoms with Gasteiger partial charge in [0.25, 0.3) is 11.6 Å². The zero-order valence-electron chi connectivity index (χ0n) is 10.3. The van der Waals surface area contributed by atoms with Crippen LogP contribution in [-0.2, 0) is 0 Å². The number of halogens is 1. The van der Waals surface area contributed by atoms with E-state index >= 15 is 0 Å². The van der Waals surface area contributed by atoms with Crippen molar-refractivity contribution in [3.05, 3.63) is 33.9 Å². The lowest BCUT2D eigenvalue weighted by Gasteiger charge is -2.49. The summed E-state index contributed by atoms with van der Waals surface area (Å²) in [5.74, 6) is -0.634. The second kappa shape index (κ2) is 5.68. The van der Waals surface area contributed by atoms with Gasteiger partial charge in [-0.25, -0.2) is 10.8 Å². The average molecular weight is 364 g/mol. The van der Waals surface area contributed by atoms with E-state index in [1.54, 1.807) is 0 Å². The summed E-state index contributed by atoms with van der Waals surface area (Å²) in [4.78, 5) is 22.1. The van der Waals surface area contributed by atoms with Crippen LogP contribution in [0.4, 0.5) is 5.69 Å². The number of nitrogens with zero attached hydrogens (tertiary/aromatic N) is 2. The molecule has 0 fully saturated rings. The lowest BCUT2D eigenvalue weighted by Crippen LogP contribution is -2.28. The van der Waals surface area contributed by atoms with Crippen LogP contribution in [0.1, 0.15) is 23.2 Å². The minimum absolute atomic E-state index is 0.0491. The molecule has 1 aliphatic heterocycles. The van der Waals surface area contributed by atoms with Gasteiger partial charge in [0.15, 0.2) is 0 Å². The number of fused-ring (bicyclic) bond motifs is 1. The standard InChI is InChI=1S/C11H13BrN2O5S/c12-5-1-2-6-13-11(15)9-7-8(14(16)17)3-4-10(9)20(13,18)19/h3-4,7,18-19H,1-2,5-6H2/p-1. The van der Waals surface area contributed by atoms with E-state index in [1.165, 1.54) is 6.07 Å². The molecule has 9 heteroatoms. The van der Waals surface area contributed by atoms with Crippen LogP contribution in [0.2, 0.25) is 0 Å². The van der Waals surface area contributed by atoms with Crippen LogP contribution in [0.25, 0.3) is 0 Å². The van der Waals surface area contributed by atoms with E-state index in [4.69, 9.17) is 0 Å². The van der Waals surface area contributed by atoms with Gasteiger partial charge in [-0.15, -0.1) is 0 Å². The lowest BCUT2D eigenvalue weighted by molar-refractivity contribution is -0.384. The molecule has 20 heavy (non-hydrogen) atoms. The van der Waals surface area contributed by atoms with E-state index in [1.807, 2.05) is 0 Å². The molecule has 1 aromatic carbocycles. The highest BCUT2D eigenvalue weighted by molar-refractivity contribution is 9.09. The number of alkyl halides is 1. The van der Waals surface area contributed by atoms with Crippen LogP contribution in [0.3, 0.4) is 0 Å². The van der Waals surface area contributed by atoms with Gasteiger partial charge in [0.05, 0.1) is 15.4 Å². The number of benzene rings is 1. The molecule has 1 unspecified atom stereocenters. The number of hydrogen-bond acceptors (Lipinski definition) is 5. The zero-order valence-corrected chi connectivity index (χ0v) is 12.7. The van der Waals surface area contributed by atoms with Gasteiger partial charge in [-0.3, -0.25) is 19.2 Å². The molecule has 2 rings (SSSR count). The van der Waals surface area contributed by atoms with Crippen molar-refractivity contribution in [3.63, 3.8) is 0 Å². The fourth-order valence-electron chi connectivity index (χ4n) is 1.97. The first-order valence-electron chi connectivity index (χ1n) is 5.82. The smallest absolute Gasteiger partial charge is 0.271 e. The number of carbonyl (C=O) groups excluding carboxylic acids is 1. The number of nitro benzene ring substituents is 1. The Morgan fingerprint density at radius 1 is 1.40 bits per heavy atom. The third-order valence-corrected chi connectivity index (χ3v) is 5.40. The molecule has 1 amide bonds. The highest BCUT2D eigenvalue weighted by Gasteiger charge is 2.36. The SMILES string of the molecule is O=C1c2cc([N+](=O)[O-])ccc2S([O-])(O)N1CCCCBr. The highest BCUT2D eigenvalue weighted by atomic mass is 79.9. The minimum Gasteiger partial charge on any atom is -0.746 e. The number of unbranched alkanes of at least 4 members (excludes halogenated alkanes) is 1. The molecule has 0 spiro atoms. The van der Waals surface area contributed by atoms with Crippen LogP contribution in [0, 0.1) is 10.1 Å². The van der Waals surface area contributed by atoms with Crippen LogP contribution in [0.5, 0.6) is 0 Å². The van der Waals surface area contributed by atoms with Gasteiger partial charge >= 0.3 is 0 Å². The van der Waals surface area contributed by atoms with Gasteiger partial charge < -0.3 is 9.11 Å². The third-order valence-electron chi connectivity index (χ3n) is 2.96. The van der Waals surface area contributed by atoms with E-state index < -0.39 is 21.6 Å². The second-order valence-corrected chi connectivity index (χ2v) is 6.90. The molecule has 1 N–H and O–H groups in total. The highest BCUT2D eigenvalue weighted by Crippen LogP contribution is 2.58. The molecular weight excluding hydrogens is 352 g/mol. The monoisotopic (exact) mass is 363 g/mol. The molecule has 1 atom stereocenters. The summed E-state index contributed by atoms with van der Waals surface area (Å²) in [5.41, 5.74) is -0.333. The molecule has 1 aromatic rings. The average Bonchev–Trinajstić information content (AvgIpc) is 2.59. The van der Waals surface area contributed by atoms with Crippen LogP contribution in [0.15, 0.2) is 23.1 Å². The maximum atomic E-state index is 12.3. The fourth-order valence-corrected chi connectivity index (χ4v) is 3.98. The summed E-state index contributed by atoms with van der Waals surface area (Å²) in [6.07, 6.45) is 1.33. The normalized spacial score (nSPS) is 24.4. The van der Waals surface area contributed by atoms with Crippen molar-refractivity contribution < 1.29 is 18.8 Å². The van der Waals surface area contributed by atoms with E-state index in [0.717, 1.165) is 28.2 Å². The van der Waals surface area contributed by atoms with Crippen molar-refractivity contribution in [1.29, 1.82) is 0 Å². The van der Waals surface area contributed by atoms with Gasteiger partial charge in [-0.1, -0.05) is 15.9 Å². The quantitative estimate of drug-likeness (QED) is 0.374. The zero-order chi connectivity index (χ0) is 14.9. The Morgan fingerprint density at radius 2 is 2.10 bits per heavy atom. The second-order valence-electron chi connectivity index (χ2n) is 4.24. The number of hydrogen-bond donors (Lipinski definition) is 1. The largest absolute Gasteiger partial charge is 0.746 e. The molecule has 0 radical (unpaired) electrons. The number of carbonyl (C=O) groups is 1. The number of non-ortho nitro benzene ring substituents is 1. The molecule has 110 valence electrons. The Balaban J connectivity index is 2.34. The Kier molecular flexibility index (Phi) is 4.33. The maximum absolute atomic E-state index is 12.3. The summed E-state index contributed by atoms with van der Waals surface area (Å²) < 4.78 is 23.3. The van der Waals surface area contributed by atoms with Crippen molar-refractivity contribution in [2.75, 3.05) is 11.9 Å². The van der Waals surface area contributed by atoms with Crippen LogP contribution < -0.4 is 0 Å². The lowest BCUT2D eigenvalue weighted by atomic mass is 10.2. The number of amides is 1. The predicted octanol–water partition coefficient (Wildman–Crippen LogP) is 2.91. The Labute approximate surface area is 125 Å². The molecule has 0 aromatic heterocycles. The predicted molar refractivity (Wildman–Crippen MR) is 76.4 cm³/mol. The first-order chi connectivity index (χ1) is 9.39. The molecule has 1 aliphatic rings. The first-order valence-corrected chi connectivity index (χ1v) is 8.42. The number of rotatable bonds is 5. The molecule has 1 heterocycles. The minimum atomic E-state index is -3.62. The van der Waals surface area contributed by atoms with Crippen molar-refractivity contribution in [1.82, 2.24) is 4.31 Å². The third kappa shape index (κ3) is 2.53. The van der Waals surface area contributed by atoms with Gasteiger partial charge in [0.1, 0.15) is 0 Å². The van der Waals surface area contributed by atoms with Crippen LogP contribution >= 0.6 is 26.7 Å². The van der Waals surface area contributed by atoms with Crippen molar-refractivity contribution in [2.45, 2.75) is 17.7 Å². The van der Waals surface area contributed by atoms with Crippen molar-refractivity contribution in [3.8, 4) is 0 Å². The van der Waals surface area contributed by atoms with E-state index in [2.05, 4.69) is 15.9 Å². The molecule has 0 bridgehead atoms. The maximum Gasteiger partial charge on any atom is 0.271 e. The van der Waals surface area contributed by atoms with Gasteiger partial charge in [-0.05, 0) is 18.9 Å². The summed E-state index contributed by atoms with van der Waals surface area (Å²) >= 11 is 3.24. The molecule has 0 aliphatic carbocycles. The summed E-state index contributed by atoms with van der Waals surface area (Å²) in [6, 6.07) is 3.36. The van der Waals surface area contributed by atoms with E-state index in [0.29, 0.717) is 6.42 Å². The Hall–Kier alpha value is -1.16. The summed E-state index contributed by atoms with van der Waals surface area (Å²) in [6.45, 7) is 0.141. The van der Waals surface area contributed by atoms with Crippen molar-refractivity contribution in [2.24, 2.45) is 0 Å². The van der Waals surface area contributed by atoms with Crippen LogP contribution in [-0.4, -0.2) is 36.1 Å². The van der Waals surface area contributed by atoms with Crippen molar-refractivity contribution >= 4 is 38.3 Å². The van der Waals surface area contributed by atoms with E-state index in [-0.39, 0.29) is 22.7 Å². The topological polar surface area (TPSA) is 107 Å². The van der Waals surface area contributed by atoms with Gasteiger partial charge in [-0.2, -0.15) is 0 Å². The number of nitro groups is 1. The first kappa shape index (κ1) is 15.2. The van der Waals surface area contributed by atoms with Gasteiger partial charge in [0.2, 0.25) is 0 Å². The molecule has 7 nitrogen and oxygen atoms in total. The summed E-state index contributed by atoms with van der Waals surface area (Å²) in [7, 11) is -3.62. The molecular formula is C11H12BrN2O5S-. The molecule has 0 saturated heterocycles.